The number of carbonyl (C=O) groups excluding carboxylic acids is 2. The number of ether oxygens (including phenoxy) is 6. The molecule has 328 valence electrons. The molecule has 0 aromatic heterocycles. The Morgan fingerprint density at radius 1 is 0.807 bits per heavy atom. The quantitative estimate of drug-likeness (QED) is 0.0669. The van der Waals surface area contributed by atoms with Crippen molar-refractivity contribution in [1.29, 1.82) is 0 Å². The van der Waals surface area contributed by atoms with Gasteiger partial charge in [-0.05, 0) is 81.5 Å². The Hall–Kier alpha value is -1.46. The average Bonchev–Trinajstić information content (AvgIpc) is 3.36. The van der Waals surface area contributed by atoms with E-state index in [1.165, 1.54) is 6.92 Å². The Balaban J connectivity index is 1.33. The second-order valence-corrected chi connectivity index (χ2v) is 18.4. The summed E-state index contributed by atoms with van der Waals surface area (Å²) in [4.78, 5) is 28.1. The Labute approximate surface area is 332 Å². The molecule has 0 amide bonds. The zero-order chi connectivity index (χ0) is 41.8. The van der Waals surface area contributed by atoms with Crippen molar-refractivity contribution in [3.05, 3.63) is 0 Å². The van der Waals surface area contributed by atoms with Gasteiger partial charge in [0, 0.05) is 11.8 Å². The SMILES string of the molecule is CC(O)C(CO)OC(OC1C(OC(=O)C2(C)CCCC3(C)C4CCC5(C)CC4(CCC23)CC5=O)OC(CO)C(O)C1OC1OC(CO)C(O)C(O)C1O)C(O)CO. The van der Waals surface area contributed by atoms with Crippen molar-refractivity contribution in [1.82, 2.24) is 0 Å². The van der Waals surface area contributed by atoms with E-state index < -0.39 is 124 Å². The van der Waals surface area contributed by atoms with Crippen molar-refractivity contribution in [3.63, 3.8) is 0 Å². The Bertz CT molecular complexity index is 1420. The van der Waals surface area contributed by atoms with E-state index in [9.17, 15) is 60.7 Å². The first-order chi connectivity index (χ1) is 26.8. The fraction of sp³-hybridized carbons (Fsp3) is 0.949. The molecule has 18 heteroatoms. The van der Waals surface area contributed by atoms with Crippen molar-refractivity contribution in [3.8, 4) is 0 Å². The molecule has 1 spiro atoms. The van der Waals surface area contributed by atoms with E-state index in [0.29, 0.717) is 31.5 Å². The van der Waals surface area contributed by atoms with Crippen molar-refractivity contribution >= 4 is 11.8 Å². The summed E-state index contributed by atoms with van der Waals surface area (Å²) in [6.45, 7) is 4.06. The third-order valence-electron chi connectivity index (χ3n) is 14.8. The highest BCUT2D eigenvalue weighted by Gasteiger charge is 2.68. The summed E-state index contributed by atoms with van der Waals surface area (Å²) in [5.74, 6) is -0.310. The fourth-order valence-corrected chi connectivity index (χ4v) is 11.7. The van der Waals surface area contributed by atoms with Gasteiger partial charge in [0.25, 0.3) is 0 Å². The van der Waals surface area contributed by atoms with Crippen LogP contribution in [0.4, 0.5) is 0 Å². The minimum atomic E-state index is -1.96. The predicted molar refractivity (Wildman–Crippen MR) is 192 cm³/mol. The Morgan fingerprint density at radius 3 is 2.09 bits per heavy atom. The van der Waals surface area contributed by atoms with Crippen molar-refractivity contribution in [2.45, 2.75) is 171 Å². The number of esters is 1. The molecule has 20 unspecified atom stereocenters. The molecule has 10 N–H and O–H groups in total. The van der Waals surface area contributed by atoms with Crippen LogP contribution in [0.25, 0.3) is 0 Å². The number of ketones is 1. The molecule has 0 radical (unpaired) electrons. The summed E-state index contributed by atoms with van der Waals surface area (Å²) in [6, 6.07) is 0. The number of rotatable bonds is 14. The molecule has 4 aliphatic carbocycles. The van der Waals surface area contributed by atoms with Crippen LogP contribution in [0.15, 0.2) is 0 Å². The molecule has 2 aliphatic heterocycles. The van der Waals surface area contributed by atoms with Crippen LogP contribution in [-0.4, -0.2) is 175 Å². The molecule has 4 saturated carbocycles. The lowest BCUT2D eigenvalue weighted by atomic mass is 9.40. The fourth-order valence-electron chi connectivity index (χ4n) is 11.7. The highest BCUT2D eigenvalue weighted by molar-refractivity contribution is 5.88. The first-order valence-corrected chi connectivity index (χ1v) is 20.4. The predicted octanol–water partition coefficient (Wildman–Crippen LogP) is -2.01. The Morgan fingerprint density at radius 2 is 1.46 bits per heavy atom. The molecule has 20 atom stereocenters. The molecule has 6 fully saturated rings. The minimum Gasteiger partial charge on any atom is -0.432 e. The van der Waals surface area contributed by atoms with Gasteiger partial charge in [-0.15, -0.1) is 0 Å². The van der Waals surface area contributed by atoms with Gasteiger partial charge in [-0.1, -0.05) is 20.3 Å². The van der Waals surface area contributed by atoms with Crippen molar-refractivity contribution < 1.29 is 89.1 Å². The molecule has 2 saturated heterocycles. The smallest absolute Gasteiger partial charge is 0.314 e. The van der Waals surface area contributed by atoms with E-state index in [1.54, 1.807) is 0 Å². The molecular formula is C39H64O18. The lowest BCUT2D eigenvalue weighted by molar-refractivity contribution is -0.380. The van der Waals surface area contributed by atoms with E-state index in [0.717, 1.165) is 32.1 Å². The highest BCUT2D eigenvalue weighted by Crippen LogP contribution is 2.73. The lowest BCUT2D eigenvalue weighted by Crippen LogP contribution is -2.66. The maximum absolute atomic E-state index is 14.8. The monoisotopic (exact) mass is 820 g/mol. The van der Waals surface area contributed by atoms with E-state index in [1.807, 2.05) is 6.92 Å². The first-order valence-electron chi connectivity index (χ1n) is 20.4. The van der Waals surface area contributed by atoms with Gasteiger partial charge in [-0.25, -0.2) is 0 Å². The molecule has 18 nitrogen and oxygen atoms in total. The van der Waals surface area contributed by atoms with Crippen LogP contribution < -0.4 is 0 Å². The third kappa shape index (κ3) is 7.96. The molecule has 0 aromatic carbocycles. The number of carbonyl (C=O) groups is 2. The number of aliphatic hydroxyl groups excluding tert-OH is 10. The maximum Gasteiger partial charge on any atom is 0.314 e. The minimum absolute atomic E-state index is 0.122. The highest BCUT2D eigenvalue weighted by atomic mass is 16.8. The van der Waals surface area contributed by atoms with E-state index >= 15 is 0 Å². The van der Waals surface area contributed by atoms with E-state index in [2.05, 4.69) is 13.8 Å². The van der Waals surface area contributed by atoms with Crippen molar-refractivity contribution in [2.24, 2.45) is 33.5 Å². The largest absolute Gasteiger partial charge is 0.432 e. The summed E-state index contributed by atoms with van der Waals surface area (Å²) in [5.41, 5.74) is -1.82. The summed E-state index contributed by atoms with van der Waals surface area (Å²) in [5, 5.41) is 104. The van der Waals surface area contributed by atoms with Gasteiger partial charge in [-0.2, -0.15) is 0 Å². The molecule has 57 heavy (non-hydrogen) atoms. The summed E-state index contributed by atoms with van der Waals surface area (Å²) in [7, 11) is 0. The van der Waals surface area contributed by atoms with Crippen LogP contribution in [-0.2, 0) is 38.0 Å². The average molecular weight is 821 g/mol. The molecule has 0 aromatic rings. The number of aliphatic hydroxyl groups is 10. The van der Waals surface area contributed by atoms with Crippen molar-refractivity contribution in [2.75, 3.05) is 26.4 Å². The standard InChI is InChI=1S/C39H64O18/c1-18(44)20(14-41)52-32(19(45)13-40)56-31-30(55-33-29(50)28(49)26(47)21(15-42)53-33)27(48)22(16-43)54-34(31)57-35(51)38(4)9-5-8-37(3)23(38)7-11-39-12-25(46)36(2,17-39)10-6-24(37)39/h18-24,26-34,40-45,47-50H,5-17H2,1-4H3. The van der Waals surface area contributed by atoms with Crippen LogP contribution in [0.5, 0.6) is 0 Å². The van der Waals surface area contributed by atoms with Gasteiger partial charge in [0.15, 0.2) is 18.7 Å². The molecule has 6 aliphatic rings. The van der Waals surface area contributed by atoms with Crippen LogP contribution in [0.2, 0.25) is 0 Å². The normalized spacial score (nSPS) is 48.0. The third-order valence-corrected chi connectivity index (χ3v) is 14.8. The molecule has 6 rings (SSSR count). The van der Waals surface area contributed by atoms with Gasteiger partial charge in [0.2, 0.25) is 6.29 Å². The van der Waals surface area contributed by atoms with Gasteiger partial charge >= 0.3 is 5.97 Å². The van der Waals surface area contributed by atoms with E-state index in [4.69, 9.17) is 28.4 Å². The summed E-state index contributed by atoms with van der Waals surface area (Å²) < 4.78 is 35.5. The summed E-state index contributed by atoms with van der Waals surface area (Å²) >= 11 is 0. The molecule has 2 heterocycles. The maximum atomic E-state index is 14.8. The van der Waals surface area contributed by atoms with Crippen LogP contribution in [0.3, 0.4) is 0 Å². The molecule has 2 bridgehead atoms. The number of Topliss-reactive ketones (excluding diaryl/α,β-unsaturated/α-hetero) is 1. The van der Waals surface area contributed by atoms with E-state index in [-0.39, 0.29) is 28.1 Å². The van der Waals surface area contributed by atoms with Crippen LogP contribution in [0, 0.1) is 33.5 Å². The summed E-state index contributed by atoms with van der Waals surface area (Å²) in [6.07, 6.45) is -17.6. The number of hydrogen-bond acceptors (Lipinski definition) is 18. The lowest BCUT2D eigenvalue weighted by Gasteiger charge is -2.64. The van der Waals surface area contributed by atoms with Gasteiger partial charge in [-0.3, -0.25) is 9.59 Å². The Kier molecular flexibility index (Phi) is 13.5. The van der Waals surface area contributed by atoms with Crippen LogP contribution >= 0.6 is 0 Å². The second-order valence-electron chi connectivity index (χ2n) is 18.4. The van der Waals surface area contributed by atoms with Gasteiger partial charge < -0.3 is 79.5 Å². The second kappa shape index (κ2) is 17.1. The number of hydrogen-bond donors (Lipinski definition) is 10. The first kappa shape index (κ1) is 45.1. The zero-order valence-electron chi connectivity index (χ0n) is 33.2. The zero-order valence-corrected chi connectivity index (χ0v) is 33.2. The topological polar surface area (TPSA) is 292 Å². The van der Waals surface area contributed by atoms with Crippen LogP contribution in [0.1, 0.15) is 85.5 Å². The number of fused-ring (bicyclic) bond motifs is 3. The van der Waals surface area contributed by atoms with Gasteiger partial charge in [0.05, 0.1) is 37.9 Å². The van der Waals surface area contributed by atoms with Gasteiger partial charge in [0.1, 0.15) is 60.7 Å². The molecular weight excluding hydrogens is 756 g/mol.